The van der Waals surface area contributed by atoms with Gasteiger partial charge in [-0.15, -0.1) is 0 Å². The highest BCUT2D eigenvalue weighted by atomic mass is 35.5. The summed E-state index contributed by atoms with van der Waals surface area (Å²) in [5.74, 6) is 1.50. The summed E-state index contributed by atoms with van der Waals surface area (Å²) in [5, 5.41) is 10.9. The number of fused-ring (bicyclic) bond motifs is 1. The molecule has 0 amide bonds. The van der Waals surface area contributed by atoms with Gasteiger partial charge in [0.05, 0.1) is 12.7 Å². The van der Waals surface area contributed by atoms with Crippen LogP contribution >= 0.6 is 11.6 Å². The average Bonchev–Trinajstić information content (AvgIpc) is 2.48. The van der Waals surface area contributed by atoms with Gasteiger partial charge in [-0.3, -0.25) is 0 Å². The summed E-state index contributed by atoms with van der Waals surface area (Å²) < 4.78 is 11.5. The van der Waals surface area contributed by atoms with Crippen molar-refractivity contribution in [3.05, 3.63) is 58.6 Å². The highest BCUT2D eigenvalue weighted by Crippen LogP contribution is 2.42. The van der Waals surface area contributed by atoms with Gasteiger partial charge in [0.2, 0.25) is 0 Å². The lowest BCUT2D eigenvalue weighted by Crippen LogP contribution is -2.19. The third-order valence-electron chi connectivity index (χ3n) is 3.58. The molecule has 1 aliphatic heterocycles. The van der Waals surface area contributed by atoms with Crippen LogP contribution in [0.3, 0.4) is 0 Å². The molecule has 2 atom stereocenters. The molecule has 0 spiro atoms. The smallest absolute Gasteiger partial charge is 0.127 e. The lowest BCUT2D eigenvalue weighted by atomic mass is 9.95. The predicted molar refractivity (Wildman–Crippen MR) is 82.0 cm³/mol. The Hall–Kier alpha value is -1.71. The van der Waals surface area contributed by atoms with Gasteiger partial charge in [-0.2, -0.15) is 0 Å². The first-order valence-electron chi connectivity index (χ1n) is 7.04. The van der Waals surface area contributed by atoms with Gasteiger partial charge in [0.15, 0.2) is 0 Å². The molecule has 2 aromatic rings. The molecule has 4 heteroatoms. The molecule has 0 fully saturated rings. The van der Waals surface area contributed by atoms with E-state index >= 15 is 0 Å². The minimum absolute atomic E-state index is 0.186. The molecule has 0 saturated heterocycles. The molecule has 0 aliphatic carbocycles. The summed E-state index contributed by atoms with van der Waals surface area (Å²) in [5.41, 5.74) is 1.75. The molecular weight excluding hydrogens is 288 g/mol. The summed E-state index contributed by atoms with van der Waals surface area (Å²) in [6.45, 7) is 2.58. The summed E-state index contributed by atoms with van der Waals surface area (Å²) in [7, 11) is 0. The number of halogens is 1. The van der Waals surface area contributed by atoms with Crippen LogP contribution in [0.1, 0.15) is 36.7 Å². The number of hydrogen-bond acceptors (Lipinski definition) is 3. The first-order valence-corrected chi connectivity index (χ1v) is 7.42. The van der Waals surface area contributed by atoms with Gasteiger partial charge in [-0.05, 0) is 42.8 Å². The monoisotopic (exact) mass is 304 g/mol. The normalized spacial score (nSPS) is 20.5. The van der Waals surface area contributed by atoms with Gasteiger partial charge in [-0.1, -0.05) is 23.7 Å². The molecule has 1 heterocycles. The fraction of sp³-hybridized carbons (Fsp3) is 0.294. The number of rotatable bonds is 3. The second-order valence-electron chi connectivity index (χ2n) is 5.05. The Morgan fingerprint density at radius 3 is 2.95 bits per heavy atom. The number of hydrogen-bond donors (Lipinski definition) is 1. The summed E-state index contributed by atoms with van der Waals surface area (Å²) >= 11 is 5.97. The Balaban J connectivity index is 1.88. The average molecular weight is 305 g/mol. The maximum atomic E-state index is 10.3. The number of ether oxygens (including phenoxy) is 2. The van der Waals surface area contributed by atoms with Crippen LogP contribution in [-0.4, -0.2) is 11.7 Å². The van der Waals surface area contributed by atoms with Crippen LogP contribution in [0.15, 0.2) is 42.5 Å². The molecule has 3 rings (SSSR count). The third-order valence-corrected chi connectivity index (χ3v) is 3.81. The Morgan fingerprint density at radius 1 is 1.29 bits per heavy atom. The van der Waals surface area contributed by atoms with Gasteiger partial charge < -0.3 is 14.6 Å². The number of aliphatic hydroxyl groups is 1. The van der Waals surface area contributed by atoms with Crippen molar-refractivity contribution in [3.63, 3.8) is 0 Å². The van der Waals surface area contributed by atoms with Gasteiger partial charge in [-0.25, -0.2) is 0 Å². The fourth-order valence-electron chi connectivity index (χ4n) is 2.59. The van der Waals surface area contributed by atoms with Crippen molar-refractivity contribution >= 4 is 11.6 Å². The van der Waals surface area contributed by atoms with Crippen LogP contribution in [0.25, 0.3) is 0 Å². The maximum Gasteiger partial charge on any atom is 0.127 e. The highest BCUT2D eigenvalue weighted by Gasteiger charge is 2.28. The fourth-order valence-corrected chi connectivity index (χ4v) is 2.77. The van der Waals surface area contributed by atoms with Crippen LogP contribution < -0.4 is 9.47 Å². The molecule has 110 valence electrons. The van der Waals surface area contributed by atoms with Gasteiger partial charge in [0.25, 0.3) is 0 Å². The van der Waals surface area contributed by atoms with Crippen LogP contribution in [0.2, 0.25) is 5.02 Å². The van der Waals surface area contributed by atoms with Crippen LogP contribution in [0.5, 0.6) is 11.5 Å². The van der Waals surface area contributed by atoms with E-state index in [1.54, 1.807) is 18.2 Å². The first-order chi connectivity index (χ1) is 10.2. The zero-order chi connectivity index (χ0) is 14.8. The van der Waals surface area contributed by atoms with E-state index in [-0.39, 0.29) is 6.10 Å². The minimum atomic E-state index is -0.576. The Morgan fingerprint density at radius 2 is 2.14 bits per heavy atom. The molecule has 0 bridgehead atoms. The standard InChI is InChI=1S/C17H17ClO3/c1-2-20-13-5-3-4-11(8-13)17-10-15(19)14-9-12(18)6-7-16(14)21-17/h3-9,15,17,19H,2,10H2,1H3/t15-,17?/m1/s1. The molecule has 0 aromatic heterocycles. The van der Waals surface area contributed by atoms with Crippen LogP contribution in [-0.2, 0) is 0 Å². The van der Waals surface area contributed by atoms with E-state index in [0.717, 1.165) is 16.9 Å². The van der Waals surface area contributed by atoms with E-state index in [9.17, 15) is 5.11 Å². The van der Waals surface area contributed by atoms with E-state index in [0.29, 0.717) is 23.8 Å². The molecule has 2 aromatic carbocycles. The van der Waals surface area contributed by atoms with Crippen molar-refractivity contribution in [3.8, 4) is 11.5 Å². The lowest BCUT2D eigenvalue weighted by Gasteiger charge is -2.30. The maximum absolute atomic E-state index is 10.3. The molecule has 0 saturated carbocycles. The molecule has 1 aliphatic rings. The zero-order valence-corrected chi connectivity index (χ0v) is 12.5. The molecule has 3 nitrogen and oxygen atoms in total. The van der Waals surface area contributed by atoms with E-state index in [2.05, 4.69) is 0 Å². The van der Waals surface area contributed by atoms with E-state index in [1.165, 1.54) is 0 Å². The zero-order valence-electron chi connectivity index (χ0n) is 11.8. The Bertz CT molecular complexity index is 642. The van der Waals surface area contributed by atoms with E-state index < -0.39 is 6.10 Å². The van der Waals surface area contributed by atoms with Crippen LogP contribution in [0, 0.1) is 0 Å². The minimum Gasteiger partial charge on any atom is -0.494 e. The largest absolute Gasteiger partial charge is 0.494 e. The second-order valence-corrected chi connectivity index (χ2v) is 5.48. The SMILES string of the molecule is CCOc1cccc(C2C[C@@H](O)c3cc(Cl)ccc3O2)c1. The molecule has 1 N–H and O–H groups in total. The summed E-state index contributed by atoms with van der Waals surface area (Å²) in [6, 6.07) is 13.1. The van der Waals surface area contributed by atoms with E-state index in [1.807, 2.05) is 31.2 Å². The van der Waals surface area contributed by atoms with Crippen molar-refractivity contribution in [2.45, 2.75) is 25.6 Å². The number of benzene rings is 2. The predicted octanol–water partition coefficient (Wildman–Crippen LogP) is 4.30. The Labute approximate surface area is 129 Å². The lowest BCUT2D eigenvalue weighted by molar-refractivity contribution is 0.0656. The highest BCUT2D eigenvalue weighted by molar-refractivity contribution is 6.30. The number of aliphatic hydroxyl groups excluding tert-OH is 1. The second kappa shape index (κ2) is 5.96. The van der Waals surface area contributed by atoms with Gasteiger partial charge >= 0.3 is 0 Å². The van der Waals surface area contributed by atoms with Crippen molar-refractivity contribution in [1.29, 1.82) is 0 Å². The molecular formula is C17H17ClO3. The van der Waals surface area contributed by atoms with Crippen molar-refractivity contribution in [1.82, 2.24) is 0 Å². The third kappa shape index (κ3) is 2.99. The van der Waals surface area contributed by atoms with Gasteiger partial charge in [0.1, 0.15) is 17.6 Å². The van der Waals surface area contributed by atoms with E-state index in [4.69, 9.17) is 21.1 Å². The quantitative estimate of drug-likeness (QED) is 0.919. The van der Waals surface area contributed by atoms with Crippen molar-refractivity contribution in [2.24, 2.45) is 0 Å². The van der Waals surface area contributed by atoms with Gasteiger partial charge in [0, 0.05) is 17.0 Å². The summed E-state index contributed by atoms with van der Waals surface area (Å²) in [6.07, 6.45) is -0.259. The molecule has 21 heavy (non-hydrogen) atoms. The topological polar surface area (TPSA) is 38.7 Å². The molecule has 1 unspecified atom stereocenters. The molecule has 0 radical (unpaired) electrons. The van der Waals surface area contributed by atoms with Crippen LogP contribution in [0.4, 0.5) is 0 Å². The summed E-state index contributed by atoms with van der Waals surface area (Å²) in [4.78, 5) is 0. The van der Waals surface area contributed by atoms with Crippen molar-refractivity contribution < 1.29 is 14.6 Å². The Kier molecular flexibility index (Phi) is 4.04. The first kappa shape index (κ1) is 14.2. The van der Waals surface area contributed by atoms with Crippen molar-refractivity contribution in [2.75, 3.05) is 6.61 Å².